The van der Waals surface area contributed by atoms with E-state index < -0.39 is 5.89 Å². The summed E-state index contributed by atoms with van der Waals surface area (Å²) in [5, 5.41) is 2.03. The summed E-state index contributed by atoms with van der Waals surface area (Å²) in [5.74, 6) is 0.0557. The molecule has 0 bridgehead atoms. The second-order valence-corrected chi connectivity index (χ2v) is 12.8. The van der Waals surface area contributed by atoms with Crippen LogP contribution in [0.4, 0.5) is 0 Å². The van der Waals surface area contributed by atoms with Crippen molar-refractivity contribution >= 4 is 33.0 Å². The number of hydrogen-bond donors (Lipinski definition) is 0. The first kappa shape index (κ1) is 31.7. The Labute approximate surface area is 296 Å². The van der Waals surface area contributed by atoms with Gasteiger partial charge in [0.25, 0.3) is 0 Å². The van der Waals surface area contributed by atoms with E-state index in [4.69, 9.17) is 15.8 Å². The zero-order valence-electron chi connectivity index (χ0n) is 28.6. The number of rotatable bonds is 4. The summed E-state index contributed by atoms with van der Waals surface area (Å²) < 4.78 is 17.1. The van der Waals surface area contributed by atoms with Gasteiger partial charge in [0.1, 0.15) is 5.58 Å². The maximum absolute atomic E-state index is 8.45. The summed E-state index contributed by atoms with van der Waals surface area (Å²) in [6.07, 6.45) is 3.65. The van der Waals surface area contributed by atoms with Crippen molar-refractivity contribution in [3.05, 3.63) is 145 Å². The third-order valence-electron chi connectivity index (χ3n) is 8.18. The number of imidazole rings is 1. The number of para-hydroxylation sites is 1. The molecule has 5 nitrogen and oxygen atoms in total. The van der Waals surface area contributed by atoms with Crippen LogP contribution in [0.5, 0.6) is 0 Å². The van der Waals surface area contributed by atoms with Gasteiger partial charge in [-0.1, -0.05) is 88.0 Å². The van der Waals surface area contributed by atoms with Gasteiger partial charge in [-0.15, -0.1) is 54.1 Å². The van der Waals surface area contributed by atoms with Crippen LogP contribution in [0.2, 0.25) is 0 Å². The minimum absolute atomic E-state index is 0. The van der Waals surface area contributed by atoms with Gasteiger partial charge in [0, 0.05) is 50.4 Å². The molecule has 4 aromatic carbocycles. The SMILES string of the molecule is [2H]C(C)(C)c1ccc2c(c1)oc1c(-c3nc4c(C(C)(C)C)nccc4n3-c3ccccc3)[c-]ccc12.[Ir].[c-]1ccccc1-c1ccccn1. The molecule has 48 heavy (non-hydrogen) atoms. The van der Waals surface area contributed by atoms with E-state index >= 15 is 0 Å². The molecule has 0 fully saturated rings. The first-order valence-corrected chi connectivity index (χ1v) is 15.8. The molecule has 0 aliphatic carbocycles. The predicted octanol–water partition coefficient (Wildman–Crippen LogP) is 10.8. The van der Waals surface area contributed by atoms with Gasteiger partial charge < -0.3 is 14.0 Å². The predicted molar refractivity (Wildman–Crippen MR) is 192 cm³/mol. The van der Waals surface area contributed by atoms with Crippen LogP contribution in [0.3, 0.4) is 0 Å². The number of benzene rings is 4. The number of nitrogens with zero attached hydrogens (tertiary/aromatic N) is 4. The van der Waals surface area contributed by atoms with E-state index in [-0.39, 0.29) is 25.5 Å². The van der Waals surface area contributed by atoms with Gasteiger partial charge in [-0.25, -0.2) is 0 Å². The molecule has 0 saturated heterocycles. The van der Waals surface area contributed by atoms with E-state index in [1.807, 2.05) is 111 Å². The third kappa shape index (κ3) is 6.34. The molecule has 0 amide bonds. The maximum Gasteiger partial charge on any atom is 0.121 e. The van der Waals surface area contributed by atoms with Gasteiger partial charge in [-0.3, -0.25) is 9.97 Å². The molecule has 0 atom stereocenters. The molecule has 0 N–H and O–H groups in total. The summed E-state index contributed by atoms with van der Waals surface area (Å²) >= 11 is 0. The van der Waals surface area contributed by atoms with Crippen molar-refractivity contribution in [2.45, 2.75) is 45.9 Å². The van der Waals surface area contributed by atoms with Gasteiger partial charge in [0.15, 0.2) is 0 Å². The Balaban J connectivity index is 0.000000270. The fraction of sp³-hybridized carbons (Fsp3) is 0.167. The average molecular weight is 806 g/mol. The Bertz CT molecular complexity index is 2320. The van der Waals surface area contributed by atoms with Crippen molar-refractivity contribution in [2.75, 3.05) is 0 Å². The molecule has 8 aromatic rings. The molecule has 0 unspecified atom stereocenters. The Morgan fingerprint density at radius 1 is 0.792 bits per heavy atom. The monoisotopic (exact) mass is 806 g/mol. The van der Waals surface area contributed by atoms with Crippen LogP contribution in [-0.2, 0) is 25.5 Å². The Morgan fingerprint density at radius 3 is 2.29 bits per heavy atom. The van der Waals surface area contributed by atoms with E-state index in [1.54, 1.807) is 6.20 Å². The largest absolute Gasteiger partial charge is 0.501 e. The second kappa shape index (κ2) is 13.7. The van der Waals surface area contributed by atoms with E-state index in [9.17, 15) is 0 Å². The quantitative estimate of drug-likeness (QED) is 0.166. The molecule has 6 heteroatoms. The molecular formula is C42H36IrN4O-2. The fourth-order valence-electron chi connectivity index (χ4n) is 5.85. The molecular weight excluding hydrogens is 769 g/mol. The first-order valence-electron chi connectivity index (χ1n) is 16.3. The molecule has 8 rings (SSSR count). The van der Waals surface area contributed by atoms with Crippen molar-refractivity contribution in [3.8, 4) is 28.3 Å². The third-order valence-corrected chi connectivity index (χ3v) is 8.18. The number of furan rings is 1. The molecule has 1 radical (unpaired) electrons. The van der Waals surface area contributed by atoms with Crippen molar-refractivity contribution < 1.29 is 25.9 Å². The van der Waals surface area contributed by atoms with E-state index in [2.05, 4.69) is 60.7 Å². The van der Waals surface area contributed by atoms with Crippen LogP contribution in [0.1, 0.15) is 53.1 Å². The van der Waals surface area contributed by atoms with Gasteiger partial charge >= 0.3 is 0 Å². The summed E-state index contributed by atoms with van der Waals surface area (Å²) in [7, 11) is 0. The fourth-order valence-corrected chi connectivity index (χ4v) is 5.85. The van der Waals surface area contributed by atoms with Gasteiger partial charge in [-0.2, -0.15) is 0 Å². The second-order valence-electron chi connectivity index (χ2n) is 12.8. The summed E-state index contributed by atoms with van der Waals surface area (Å²) in [5.41, 5.74) is 8.91. The van der Waals surface area contributed by atoms with Crippen LogP contribution in [-0.4, -0.2) is 19.5 Å². The van der Waals surface area contributed by atoms with Crippen LogP contribution >= 0.6 is 0 Å². The number of hydrogen-bond acceptors (Lipinski definition) is 4. The van der Waals surface area contributed by atoms with Crippen LogP contribution < -0.4 is 0 Å². The van der Waals surface area contributed by atoms with Crippen molar-refractivity contribution in [1.29, 1.82) is 0 Å². The molecule has 241 valence electrons. The topological polar surface area (TPSA) is 56.7 Å². The molecule has 4 aromatic heterocycles. The first-order chi connectivity index (χ1) is 23.1. The molecule has 0 spiro atoms. The summed E-state index contributed by atoms with van der Waals surface area (Å²) in [6, 6.07) is 42.5. The molecule has 4 heterocycles. The Hall–Kier alpha value is -4.90. The van der Waals surface area contributed by atoms with Crippen LogP contribution in [0, 0.1) is 12.1 Å². The zero-order valence-corrected chi connectivity index (χ0v) is 30.0. The minimum atomic E-state index is -0.709. The Kier molecular flexibility index (Phi) is 9.03. The standard InChI is InChI=1S/C31H28N3O.C11H8N.Ir/c1-19(2)20-14-15-22-23-12-9-13-24(28(23)35-26(22)18-20)30-33-27-25(16-17-32-29(27)31(3,4)5)34(30)21-10-7-6-8-11-21;1-2-6-10(7-3-1)11-8-4-5-9-12-11;/h6-12,14-19H,1-5H3;1-6,8-9H;/q2*-1;/i19D;;. The molecule has 0 aliphatic heterocycles. The smallest absolute Gasteiger partial charge is 0.121 e. The average Bonchev–Trinajstić information content (AvgIpc) is 3.67. The normalized spacial score (nSPS) is 12.0. The van der Waals surface area contributed by atoms with E-state index in [1.165, 1.54) is 0 Å². The Morgan fingerprint density at radius 2 is 1.58 bits per heavy atom. The number of aromatic nitrogens is 4. The molecule has 0 aliphatic rings. The van der Waals surface area contributed by atoms with E-state index in [0.717, 1.165) is 72.6 Å². The van der Waals surface area contributed by atoms with Gasteiger partial charge in [0.2, 0.25) is 0 Å². The van der Waals surface area contributed by atoms with Crippen molar-refractivity contribution in [2.24, 2.45) is 0 Å². The van der Waals surface area contributed by atoms with Gasteiger partial charge in [-0.05, 0) is 47.5 Å². The minimum Gasteiger partial charge on any atom is -0.501 e. The van der Waals surface area contributed by atoms with Gasteiger partial charge in [0.05, 0.1) is 28.1 Å². The van der Waals surface area contributed by atoms with Crippen molar-refractivity contribution in [3.63, 3.8) is 0 Å². The maximum atomic E-state index is 8.45. The summed E-state index contributed by atoms with van der Waals surface area (Å²) in [4.78, 5) is 14.1. The number of fused-ring (bicyclic) bond motifs is 4. The van der Waals surface area contributed by atoms with Crippen LogP contribution in [0.15, 0.2) is 126 Å². The zero-order chi connectivity index (χ0) is 33.5. The van der Waals surface area contributed by atoms with E-state index in [0.29, 0.717) is 0 Å². The number of pyridine rings is 2. The van der Waals surface area contributed by atoms with Crippen LogP contribution in [0.25, 0.3) is 61.3 Å². The summed E-state index contributed by atoms with van der Waals surface area (Å²) in [6.45, 7) is 10.3. The molecule has 0 saturated carbocycles. The van der Waals surface area contributed by atoms with Crippen molar-refractivity contribution in [1.82, 2.24) is 19.5 Å².